The van der Waals surface area contributed by atoms with Crippen molar-refractivity contribution in [3.8, 4) is 0 Å². The normalized spacial score (nSPS) is 19.8. The van der Waals surface area contributed by atoms with Crippen LogP contribution < -0.4 is 10.2 Å². The lowest BCUT2D eigenvalue weighted by Gasteiger charge is -2.35. The summed E-state index contributed by atoms with van der Waals surface area (Å²) in [5.74, 6) is 2.61. The molecule has 1 aliphatic rings. The molecule has 1 N–H and O–H groups in total. The third-order valence-corrected chi connectivity index (χ3v) is 5.75. The maximum atomic E-state index is 12.3. The topological polar surface area (TPSA) is 58.1 Å². The van der Waals surface area contributed by atoms with Crippen molar-refractivity contribution in [2.45, 2.75) is 39.1 Å². The van der Waals surface area contributed by atoms with E-state index in [-0.39, 0.29) is 5.91 Å². The zero-order valence-corrected chi connectivity index (χ0v) is 17.3. The molecule has 1 aromatic carbocycles. The molecule has 1 aliphatic heterocycles. The Morgan fingerprint density at radius 1 is 1.19 bits per heavy atom. The Bertz CT molecular complexity index is 801. The average molecular weight is 385 g/mol. The predicted octanol–water partition coefficient (Wildman–Crippen LogP) is 4.31. The number of amides is 1. The van der Waals surface area contributed by atoms with Crippen LogP contribution in [0, 0.1) is 25.7 Å². The second-order valence-electron chi connectivity index (χ2n) is 7.72. The summed E-state index contributed by atoms with van der Waals surface area (Å²) in [6.07, 6.45) is 2.87. The van der Waals surface area contributed by atoms with Crippen molar-refractivity contribution in [2.75, 3.05) is 29.1 Å². The van der Waals surface area contributed by atoms with Gasteiger partial charge in [0.05, 0.1) is 5.75 Å². The zero-order valence-electron chi connectivity index (χ0n) is 16.5. The molecule has 1 amide bonds. The van der Waals surface area contributed by atoms with Gasteiger partial charge in [-0.15, -0.1) is 0 Å². The Hall–Kier alpha value is -2.08. The Kier molecular flexibility index (Phi) is 6.37. The van der Waals surface area contributed by atoms with Crippen molar-refractivity contribution in [3.05, 3.63) is 41.7 Å². The highest BCUT2D eigenvalue weighted by Gasteiger charge is 2.23. The number of carbonyl (C=O) groups excluding carboxylic acids is 1. The number of benzene rings is 1. The molecule has 27 heavy (non-hydrogen) atoms. The molecule has 2 heterocycles. The number of rotatable bonds is 5. The number of aryl methyl sites for hydroxylation is 2. The van der Waals surface area contributed by atoms with Crippen LogP contribution in [0.3, 0.4) is 0 Å². The van der Waals surface area contributed by atoms with Gasteiger partial charge in [0, 0.05) is 24.8 Å². The number of carbonyl (C=O) groups is 1. The number of anilines is 2. The monoisotopic (exact) mass is 384 g/mol. The minimum atomic E-state index is -0.0210. The van der Waals surface area contributed by atoms with E-state index in [0.717, 1.165) is 35.2 Å². The summed E-state index contributed by atoms with van der Waals surface area (Å²) in [5, 5.41) is 3.82. The Morgan fingerprint density at radius 2 is 1.93 bits per heavy atom. The Morgan fingerprint density at radius 3 is 2.63 bits per heavy atom. The summed E-state index contributed by atoms with van der Waals surface area (Å²) in [7, 11) is 0. The Labute approximate surface area is 166 Å². The van der Waals surface area contributed by atoms with Crippen molar-refractivity contribution in [1.29, 1.82) is 0 Å². The molecule has 5 nitrogen and oxygen atoms in total. The van der Waals surface area contributed by atoms with Gasteiger partial charge >= 0.3 is 0 Å². The molecule has 0 radical (unpaired) electrons. The van der Waals surface area contributed by atoms with Gasteiger partial charge in [0.15, 0.2) is 0 Å². The largest absolute Gasteiger partial charge is 0.356 e. The van der Waals surface area contributed by atoms with Crippen LogP contribution in [0.25, 0.3) is 0 Å². The van der Waals surface area contributed by atoms with Crippen molar-refractivity contribution in [1.82, 2.24) is 9.97 Å². The van der Waals surface area contributed by atoms with Gasteiger partial charge in [0.25, 0.3) is 0 Å². The smallest absolute Gasteiger partial charge is 0.234 e. The van der Waals surface area contributed by atoms with E-state index in [1.54, 1.807) is 6.33 Å². The van der Waals surface area contributed by atoms with Crippen molar-refractivity contribution in [2.24, 2.45) is 11.8 Å². The molecule has 1 aromatic heterocycles. The predicted molar refractivity (Wildman–Crippen MR) is 112 cm³/mol. The highest BCUT2D eigenvalue weighted by molar-refractivity contribution is 7.99. The van der Waals surface area contributed by atoms with Crippen molar-refractivity contribution < 1.29 is 4.79 Å². The lowest BCUT2D eigenvalue weighted by Crippen LogP contribution is -2.39. The van der Waals surface area contributed by atoms with E-state index < -0.39 is 0 Å². The molecule has 0 saturated carbocycles. The van der Waals surface area contributed by atoms with Crippen LogP contribution in [0.2, 0.25) is 0 Å². The summed E-state index contributed by atoms with van der Waals surface area (Å²) in [6, 6.07) is 8.03. The number of hydrogen-bond acceptors (Lipinski definition) is 5. The van der Waals surface area contributed by atoms with E-state index in [2.05, 4.69) is 40.1 Å². The van der Waals surface area contributed by atoms with Crippen LogP contribution in [-0.2, 0) is 4.79 Å². The molecule has 144 valence electrons. The van der Waals surface area contributed by atoms with Crippen molar-refractivity contribution >= 4 is 29.2 Å². The fraction of sp³-hybridized carbons (Fsp3) is 0.476. The third kappa shape index (κ3) is 5.45. The molecule has 6 heteroatoms. The minimum Gasteiger partial charge on any atom is -0.356 e. The van der Waals surface area contributed by atoms with E-state index >= 15 is 0 Å². The molecule has 1 fully saturated rings. The quantitative estimate of drug-likeness (QED) is 0.615. The van der Waals surface area contributed by atoms with Crippen LogP contribution in [0.5, 0.6) is 0 Å². The number of hydrogen-bond donors (Lipinski definition) is 1. The lowest BCUT2D eigenvalue weighted by molar-refractivity contribution is -0.113. The Balaban J connectivity index is 1.58. The van der Waals surface area contributed by atoms with E-state index in [1.807, 2.05) is 32.0 Å². The first-order valence-corrected chi connectivity index (χ1v) is 10.5. The van der Waals surface area contributed by atoms with E-state index in [4.69, 9.17) is 0 Å². The minimum absolute atomic E-state index is 0.0210. The number of aromatic nitrogens is 2. The van der Waals surface area contributed by atoms with Gasteiger partial charge in [-0.2, -0.15) is 0 Å². The van der Waals surface area contributed by atoms with Crippen LogP contribution in [-0.4, -0.2) is 34.7 Å². The summed E-state index contributed by atoms with van der Waals surface area (Å²) in [5.41, 5.74) is 3.13. The molecular formula is C21H28N4OS. The molecule has 2 aromatic rings. The highest BCUT2D eigenvalue weighted by Crippen LogP contribution is 2.27. The fourth-order valence-electron chi connectivity index (χ4n) is 3.71. The summed E-state index contributed by atoms with van der Waals surface area (Å²) in [4.78, 5) is 23.4. The average Bonchev–Trinajstić information content (AvgIpc) is 2.62. The standard InChI is InChI=1S/C21H28N4OS/c1-14-5-6-18(17(4)8-14)24-20(26)12-27-21-9-19(22-13-23-21)25-10-15(2)7-16(3)11-25/h5-6,8-9,13,15-16H,7,10-12H2,1-4H3,(H,24,26). The number of nitrogens with zero attached hydrogens (tertiary/aromatic N) is 3. The first-order valence-electron chi connectivity index (χ1n) is 9.47. The summed E-state index contributed by atoms with van der Waals surface area (Å²) >= 11 is 1.45. The van der Waals surface area contributed by atoms with Gasteiger partial charge in [-0.05, 0) is 43.7 Å². The van der Waals surface area contributed by atoms with Crippen LogP contribution >= 0.6 is 11.8 Å². The maximum Gasteiger partial charge on any atom is 0.234 e. The number of nitrogens with one attached hydrogen (secondary N) is 1. The lowest BCUT2D eigenvalue weighted by atomic mass is 9.92. The van der Waals surface area contributed by atoms with Gasteiger partial charge in [0.2, 0.25) is 5.91 Å². The molecule has 2 atom stereocenters. The second-order valence-corrected chi connectivity index (χ2v) is 8.72. The summed E-state index contributed by atoms with van der Waals surface area (Å²) < 4.78 is 0. The van der Waals surface area contributed by atoms with Gasteiger partial charge in [-0.3, -0.25) is 4.79 Å². The third-order valence-electron chi connectivity index (χ3n) is 4.83. The molecule has 1 saturated heterocycles. The highest BCUT2D eigenvalue weighted by atomic mass is 32.2. The van der Waals surface area contributed by atoms with Crippen LogP contribution in [0.4, 0.5) is 11.5 Å². The van der Waals surface area contributed by atoms with E-state index in [9.17, 15) is 4.79 Å². The molecule has 0 bridgehead atoms. The molecule has 0 spiro atoms. The van der Waals surface area contributed by atoms with Crippen molar-refractivity contribution in [3.63, 3.8) is 0 Å². The maximum absolute atomic E-state index is 12.3. The van der Waals surface area contributed by atoms with Gasteiger partial charge < -0.3 is 10.2 Å². The fourth-order valence-corrected chi connectivity index (χ4v) is 4.37. The van der Waals surface area contributed by atoms with Gasteiger partial charge in [0.1, 0.15) is 17.2 Å². The van der Waals surface area contributed by atoms with Crippen LogP contribution in [0.1, 0.15) is 31.4 Å². The van der Waals surface area contributed by atoms with Gasteiger partial charge in [-0.25, -0.2) is 9.97 Å². The summed E-state index contributed by atoms with van der Waals surface area (Å²) in [6.45, 7) is 10.7. The molecular weight excluding hydrogens is 356 g/mol. The first kappa shape index (κ1) is 19.7. The van der Waals surface area contributed by atoms with Gasteiger partial charge in [-0.1, -0.05) is 43.3 Å². The zero-order chi connectivity index (χ0) is 19.4. The van der Waals surface area contributed by atoms with Crippen LogP contribution in [0.15, 0.2) is 35.6 Å². The second kappa shape index (κ2) is 8.74. The number of piperidine rings is 1. The first-order chi connectivity index (χ1) is 12.9. The van der Waals surface area contributed by atoms with E-state index in [0.29, 0.717) is 17.6 Å². The SMILES string of the molecule is Cc1ccc(NC(=O)CSc2cc(N3CC(C)CC(C)C3)ncn2)c(C)c1. The molecule has 2 unspecified atom stereocenters. The van der Waals surface area contributed by atoms with E-state index in [1.165, 1.54) is 23.7 Å². The molecule has 0 aliphatic carbocycles. The number of thioether (sulfide) groups is 1. The molecule has 3 rings (SSSR count).